The fraction of sp³-hybridized carbons (Fsp3) is 0.300. The second kappa shape index (κ2) is 15.7. The maximum Gasteiger partial charge on any atom is 0.343 e. The van der Waals surface area contributed by atoms with Crippen LogP contribution in [0.5, 0.6) is 23.0 Å². The molecule has 0 aliphatic rings. The van der Waals surface area contributed by atoms with Crippen molar-refractivity contribution < 1.29 is 28.5 Å². The lowest BCUT2D eigenvalue weighted by molar-refractivity contribution is -0.123. The number of unbranched alkanes of at least 4 members (excludes halogenated alkanes) is 2. The van der Waals surface area contributed by atoms with Crippen LogP contribution in [0, 0.1) is 0 Å². The van der Waals surface area contributed by atoms with Crippen molar-refractivity contribution in [3.8, 4) is 23.0 Å². The van der Waals surface area contributed by atoms with Gasteiger partial charge in [-0.05, 0) is 91.2 Å². The number of carbonyl (C=O) groups excluding carboxylic acids is 2. The van der Waals surface area contributed by atoms with Crippen LogP contribution in [0.15, 0.2) is 77.9 Å². The van der Waals surface area contributed by atoms with Crippen LogP contribution in [0.2, 0.25) is 0 Å². The lowest BCUT2D eigenvalue weighted by Crippen LogP contribution is -2.24. The summed E-state index contributed by atoms with van der Waals surface area (Å²) in [7, 11) is 0. The number of esters is 1. The van der Waals surface area contributed by atoms with E-state index in [2.05, 4.69) is 24.4 Å². The summed E-state index contributed by atoms with van der Waals surface area (Å²) in [5, 5.41) is 3.94. The number of benzene rings is 3. The molecular formula is C30H34N2O6. The van der Waals surface area contributed by atoms with Gasteiger partial charge in [-0.1, -0.05) is 26.7 Å². The molecule has 38 heavy (non-hydrogen) atoms. The smallest absolute Gasteiger partial charge is 0.343 e. The summed E-state index contributed by atoms with van der Waals surface area (Å²) in [5.41, 5.74) is 3.57. The van der Waals surface area contributed by atoms with Crippen LogP contribution in [0.3, 0.4) is 0 Å². The Balaban J connectivity index is 1.39. The topological polar surface area (TPSA) is 95.5 Å². The van der Waals surface area contributed by atoms with Crippen molar-refractivity contribution in [3.05, 3.63) is 83.9 Å². The van der Waals surface area contributed by atoms with E-state index in [9.17, 15) is 9.59 Å². The number of hydrazone groups is 1. The Bertz CT molecular complexity index is 1160. The van der Waals surface area contributed by atoms with Crippen LogP contribution in [-0.4, -0.2) is 37.9 Å². The van der Waals surface area contributed by atoms with Gasteiger partial charge in [0.05, 0.1) is 25.0 Å². The average molecular weight is 519 g/mol. The largest absolute Gasteiger partial charge is 0.494 e. The summed E-state index contributed by atoms with van der Waals surface area (Å²) in [5.74, 6) is 1.60. The third-order valence-corrected chi connectivity index (χ3v) is 5.31. The molecule has 200 valence electrons. The Labute approximate surface area is 223 Å². The lowest BCUT2D eigenvalue weighted by Gasteiger charge is -2.08. The second-order valence-electron chi connectivity index (χ2n) is 8.44. The first-order valence-electron chi connectivity index (χ1n) is 12.8. The zero-order valence-corrected chi connectivity index (χ0v) is 21.9. The van der Waals surface area contributed by atoms with Gasteiger partial charge < -0.3 is 18.9 Å². The predicted octanol–water partition coefficient (Wildman–Crippen LogP) is 5.79. The standard InChI is InChI=1S/C30H34N2O6/c1-3-5-19-35-25-13-9-24(10-14-25)30(34)38-28-11-7-23(8-12-28)21-31-32-29(33)22-37-27-17-15-26(16-18-27)36-20-6-4-2/h7-18,21H,3-6,19-20,22H2,1-2H3,(H,32,33)/b31-21+. The number of hydrogen-bond donors (Lipinski definition) is 1. The molecule has 0 heterocycles. The Morgan fingerprint density at radius 2 is 1.21 bits per heavy atom. The molecule has 0 radical (unpaired) electrons. The Morgan fingerprint density at radius 1 is 0.711 bits per heavy atom. The molecule has 0 aliphatic carbocycles. The van der Waals surface area contributed by atoms with Crippen molar-refractivity contribution in [2.75, 3.05) is 19.8 Å². The molecule has 0 spiro atoms. The van der Waals surface area contributed by atoms with E-state index in [-0.39, 0.29) is 6.61 Å². The number of amides is 1. The monoisotopic (exact) mass is 518 g/mol. The van der Waals surface area contributed by atoms with Gasteiger partial charge in [-0.15, -0.1) is 0 Å². The summed E-state index contributed by atoms with van der Waals surface area (Å²) < 4.78 is 22.1. The minimum absolute atomic E-state index is 0.173. The highest BCUT2D eigenvalue weighted by molar-refractivity contribution is 5.91. The van der Waals surface area contributed by atoms with Gasteiger partial charge >= 0.3 is 5.97 Å². The molecule has 3 aromatic carbocycles. The maximum absolute atomic E-state index is 12.4. The van der Waals surface area contributed by atoms with Gasteiger partial charge in [0.1, 0.15) is 23.0 Å². The number of carbonyl (C=O) groups is 2. The highest BCUT2D eigenvalue weighted by Crippen LogP contribution is 2.18. The zero-order chi connectivity index (χ0) is 27.0. The Kier molecular flexibility index (Phi) is 11.7. The van der Waals surface area contributed by atoms with E-state index in [1.165, 1.54) is 6.21 Å². The molecule has 1 N–H and O–H groups in total. The van der Waals surface area contributed by atoms with E-state index < -0.39 is 11.9 Å². The summed E-state index contributed by atoms with van der Waals surface area (Å²) in [4.78, 5) is 24.4. The van der Waals surface area contributed by atoms with E-state index in [1.807, 2.05) is 12.1 Å². The van der Waals surface area contributed by atoms with Gasteiger partial charge in [-0.25, -0.2) is 10.2 Å². The van der Waals surface area contributed by atoms with Crippen LogP contribution in [0.25, 0.3) is 0 Å². The van der Waals surface area contributed by atoms with E-state index in [4.69, 9.17) is 18.9 Å². The van der Waals surface area contributed by atoms with Gasteiger partial charge in [-0.2, -0.15) is 5.10 Å². The minimum atomic E-state index is -0.461. The fourth-order valence-electron chi connectivity index (χ4n) is 3.14. The van der Waals surface area contributed by atoms with E-state index in [0.29, 0.717) is 30.3 Å². The highest BCUT2D eigenvalue weighted by Gasteiger charge is 2.09. The molecule has 0 fully saturated rings. The third kappa shape index (κ3) is 9.97. The molecular weight excluding hydrogens is 484 g/mol. The molecule has 0 saturated carbocycles. The highest BCUT2D eigenvalue weighted by atomic mass is 16.5. The van der Waals surface area contributed by atoms with Crippen molar-refractivity contribution in [3.63, 3.8) is 0 Å². The molecule has 0 atom stereocenters. The third-order valence-electron chi connectivity index (χ3n) is 5.31. The first kappa shape index (κ1) is 28.2. The van der Waals surface area contributed by atoms with E-state index in [1.54, 1.807) is 60.7 Å². The van der Waals surface area contributed by atoms with Gasteiger partial charge in [0.15, 0.2) is 6.61 Å². The minimum Gasteiger partial charge on any atom is -0.494 e. The van der Waals surface area contributed by atoms with Crippen molar-refractivity contribution in [1.82, 2.24) is 5.43 Å². The van der Waals surface area contributed by atoms with Gasteiger partial charge in [0, 0.05) is 0 Å². The van der Waals surface area contributed by atoms with Crippen molar-refractivity contribution in [2.45, 2.75) is 39.5 Å². The number of nitrogens with one attached hydrogen (secondary N) is 1. The Hall–Kier alpha value is -4.33. The molecule has 0 aromatic heterocycles. The predicted molar refractivity (Wildman–Crippen MR) is 146 cm³/mol. The van der Waals surface area contributed by atoms with Gasteiger partial charge in [0.2, 0.25) is 0 Å². The molecule has 0 unspecified atom stereocenters. The molecule has 8 heteroatoms. The Morgan fingerprint density at radius 3 is 1.76 bits per heavy atom. The first-order chi connectivity index (χ1) is 18.6. The second-order valence-corrected chi connectivity index (χ2v) is 8.44. The van der Waals surface area contributed by atoms with Gasteiger partial charge in [0.25, 0.3) is 5.91 Å². The molecule has 0 aliphatic heterocycles. The number of rotatable bonds is 15. The molecule has 3 rings (SSSR count). The molecule has 3 aromatic rings. The molecule has 1 amide bonds. The van der Waals surface area contributed by atoms with Crippen LogP contribution >= 0.6 is 0 Å². The summed E-state index contributed by atoms with van der Waals surface area (Å²) >= 11 is 0. The van der Waals surface area contributed by atoms with Crippen LogP contribution in [-0.2, 0) is 4.79 Å². The van der Waals surface area contributed by atoms with Crippen molar-refractivity contribution >= 4 is 18.1 Å². The molecule has 0 saturated heterocycles. The maximum atomic E-state index is 12.4. The van der Waals surface area contributed by atoms with Crippen LogP contribution < -0.4 is 24.4 Å². The fourth-order valence-corrected chi connectivity index (χ4v) is 3.14. The normalized spacial score (nSPS) is 10.7. The van der Waals surface area contributed by atoms with Crippen LogP contribution in [0.1, 0.15) is 55.5 Å². The molecule has 8 nitrogen and oxygen atoms in total. The molecule has 0 bridgehead atoms. The number of ether oxygens (including phenoxy) is 4. The summed E-state index contributed by atoms with van der Waals surface area (Å²) in [6.07, 6.45) is 5.61. The van der Waals surface area contributed by atoms with Gasteiger partial charge in [-0.3, -0.25) is 4.79 Å². The van der Waals surface area contributed by atoms with Crippen molar-refractivity contribution in [2.24, 2.45) is 5.10 Å². The SMILES string of the molecule is CCCCOc1ccc(OCC(=O)N/N=C/c2ccc(OC(=O)c3ccc(OCCCC)cc3)cc2)cc1. The summed E-state index contributed by atoms with van der Waals surface area (Å²) in [6, 6.07) is 20.7. The summed E-state index contributed by atoms with van der Waals surface area (Å²) in [6.45, 7) is 5.36. The van der Waals surface area contributed by atoms with Crippen LogP contribution in [0.4, 0.5) is 0 Å². The first-order valence-corrected chi connectivity index (χ1v) is 12.8. The lowest BCUT2D eigenvalue weighted by atomic mass is 10.2. The van der Waals surface area contributed by atoms with E-state index in [0.717, 1.165) is 42.7 Å². The number of hydrogen-bond acceptors (Lipinski definition) is 7. The average Bonchev–Trinajstić information content (AvgIpc) is 2.94. The quantitative estimate of drug-likeness (QED) is 0.0899. The van der Waals surface area contributed by atoms with Crippen molar-refractivity contribution in [1.29, 1.82) is 0 Å². The number of nitrogens with zero attached hydrogens (tertiary/aromatic N) is 1. The van der Waals surface area contributed by atoms with E-state index >= 15 is 0 Å². The zero-order valence-electron chi connectivity index (χ0n) is 21.9.